The standard InChI is InChI=1S/2C3H9O2P.Zn/c2*1-3-6(2,4)5;/h2*3H2,1-2H3,(H,4,5);/q;;+2/p-2. The molecule has 2 unspecified atom stereocenters. The Kier molecular flexibility index (Phi) is 12.5. The fourth-order valence-electron chi connectivity index (χ4n) is 0. The Bertz CT molecular complexity index is 173. The van der Waals surface area contributed by atoms with Crippen LogP contribution in [0.15, 0.2) is 0 Å². The van der Waals surface area contributed by atoms with Crippen LogP contribution in [0.2, 0.25) is 0 Å². The normalized spacial score (nSPS) is 18.3. The number of hydrogen-bond acceptors (Lipinski definition) is 4. The molecule has 4 nitrogen and oxygen atoms in total. The maximum atomic E-state index is 10.0. The van der Waals surface area contributed by atoms with E-state index in [9.17, 15) is 18.9 Å². The average molecular weight is 280 g/mol. The first-order chi connectivity index (χ1) is 5.12. The van der Waals surface area contributed by atoms with Gasteiger partial charge in [0, 0.05) is 14.7 Å². The van der Waals surface area contributed by atoms with Crippen LogP contribution >= 0.6 is 14.7 Å². The minimum absolute atomic E-state index is 0. The first kappa shape index (κ1) is 19.6. The Labute approximate surface area is 92.8 Å². The zero-order chi connectivity index (χ0) is 10.4. The Morgan fingerprint density at radius 2 is 1.00 bits per heavy atom. The van der Waals surface area contributed by atoms with Gasteiger partial charge in [-0.25, -0.2) is 0 Å². The topological polar surface area (TPSA) is 80.3 Å². The molecule has 7 heteroatoms. The molecule has 0 heterocycles. The van der Waals surface area contributed by atoms with Gasteiger partial charge in [0.05, 0.1) is 0 Å². The van der Waals surface area contributed by atoms with Crippen molar-refractivity contribution in [3.8, 4) is 0 Å². The van der Waals surface area contributed by atoms with Gasteiger partial charge in [-0.1, -0.05) is 13.8 Å². The average Bonchev–Trinajstić information content (AvgIpc) is 1.86. The summed E-state index contributed by atoms with van der Waals surface area (Å²) in [5.41, 5.74) is 0. The van der Waals surface area contributed by atoms with Crippen LogP contribution in [0.25, 0.3) is 0 Å². The Hall–Kier alpha value is 1.00. The molecule has 13 heavy (non-hydrogen) atoms. The summed E-state index contributed by atoms with van der Waals surface area (Å²) in [6, 6.07) is 0. The summed E-state index contributed by atoms with van der Waals surface area (Å²) in [6.45, 7) is 5.75. The second-order valence-corrected chi connectivity index (χ2v) is 7.98. The summed E-state index contributed by atoms with van der Waals surface area (Å²) < 4.78 is 20.1. The molecule has 0 aromatic carbocycles. The van der Waals surface area contributed by atoms with Gasteiger partial charge in [0.1, 0.15) is 0 Å². The van der Waals surface area contributed by atoms with Gasteiger partial charge >= 0.3 is 19.5 Å². The monoisotopic (exact) mass is 278 g/mol. The van der Waals surface area contributed by atoms with Crippen molar-refractivity contribution >= 4 is 14.7 Å². The zero-order valence-electron chi connectivity index (χ0n) is 8.65. The van der Waals surface area contributed by atoms with Crippen LogP contribution in [0.4, 0.5) is 0 Å². The molecule has 76 valence electrons. The molecule has 0 amide bonds. The number of rotatable bonds is 2. The minimum atomic E-state index is -2.90. The van der Waals surface area contributed by atoms with Crippen LogP contribution in [0, 0.1) is 0 Å². The van der Waals surface area contributed by atoms with E-state index in [2.05, 4.69) is 0 Å². The number of hydrogen-bond donors (Lipinski definition) is 0. The van der Waals surface area contributed by atoms with Gasteiger partial charge < -0.3 is 18.9 Å². The molecule has 0 saturated carbocycles. The molecule has 0 spiro atoms. The maximum absolute atomic E-state index is 10.0. The molecule has 0 radical (unpaired) electrons. The zero-order valence-corrected chi connectivity index (χ0v) is 13.4. The molecular weight excluding hydrogens is 263 g/mol. The summed E-state index contributed by atoms with van der Waals surface area (Å²) in [6.07, 6.45) is 0.542. The van der Waals surface area contributed by atoms with Crippen LogP contribution < -0.4 is 9.79 Å². The molecule has 0 aliphatic carbocycles. The van der Waals surface area contributed by atoms with E-state index in [0.717, 1.165) is 0 Å². The van der Waals surface area contributed by atoms with E-state index >= 15 is 0 Å². The van der Waals surface area contributed by atoms with Crippen LogP contribution in [-0.4, -0.2) is 25.7 Å². The molecule has 0 saturated heterocycles. The largest absolute Gasteiger partial charge is 2.00 e. The SMILES string of the molecule is CCP(C)(=O)[O-].CCP(C)(=O)[O-].[Zn+2]. The van der Waals surface area contributed by atoms with Crippen LogP contribution in [0.1, 0.15) is 13.8 Å². The van der Waals surface area contributed by atoms with E-state index in [0.29, 0.717) is 0 Å². The smallest absolute Gasteiger partial charge is 0.799 e. The van der Waals surface area contributed by atoms with Gasteiger partial charge in [-0.3, -0.25) is 0 Å². The van der Waals surface area contributed by atoms with Crippen molar-refractivity contribution in [1.29, 1.82) is 0 Å². The Morgan fingerprint density at radius 1 is 0.923 bits per heavy atom. The Balaban J connectivity index is -0.000000143. The van der Waals surface area contributed by atoms with Gasteiger partial charge in [0.15, 0.2) is 0 Å². The van der Waals surface area contributed by atoms with E-state index in [-0.39, 0.29) is 31.8 Å². The van der Waals surface area contributed by atoms with E-state index < -0.39 is 14.7 Å². The van der Waals surface area contributed by atoms with Crippen LogP contribution in [-0.2, 0) is 28.6 Å². The van der Waals surface area contributed by atoms with Crippen molar-refractivity contribution in [2.75, 3.05) is 25.7 Å². The van der Waals surface area contributed by atoms with E-state index in [1.165, 1.54) is 13.3 Å². The Morgan fingerprint density at radius 3 is 1.00 bits per heavy atom. The second-order valence-electron chi connectivity index (χ2n) is 2.66. The molecule has 0 rings (SSSR count). The van der Waals surface area contributed by atoms with Gasteiger partial charge in [0.2, 0.25) is 0 Å². The van der Waals surface area contributed by atoms with Crippen molar-refractivity contribution in [3.05, 3.63) is 0 Å². The van der Waals surface area contributed by atoms with Gasteiger partial charge in [0.25, 0.3) is 0 Å². The minimum Gasteiger partial charge on any atom is -0.799 e. The first-order valence-electron chi connectivity index (χ1n) is 3.67. The van der Waals surface area contributed by atoms with Crippen LogP contribution in [0.5, 0.6) is 0 Å². The van der Waals surface area contributed by atoms with Crippen LogP contribution in [0.3, 0.4) is 0 Å². The molecule has 0 bridgehead atoms. The van der Waals surface area contributed by atoms with Crippen molar-refractivity contribution in [3.63, 3.8) is 0 Å². The fraction of sp³-hybridized carbons (Fsp3) is 1.00. The quantitative estimate of drug-likeness (QED) is 0.546. The molecule has 0 aliphatic rings. The molecule has 0 aliphatic heterocycles. The van der Waals surface area contributed by atoms with Crippen molar-refractivity contribution < 1.29 is 38.4 Å². The molecule has 0 aromatic rings. The third kappa shape index (κ3) is 32.1. The van der Waals surface area contributed by atoms with Gasteiger partial charge in [-0.05, 0) is 25.7 Å². The molecule has 0 N–H and O–H groups in total. The van der Waals surface area contributed by atoms with E-state index in [1.54, 1.807) is 13.8 Å². The molecule has 0 aromatic heterocycles. The summed E-state index contributed by atoms with van der Waals surface area (Å²) in [4.78, 5) is 20.1. The molecule has 2 atom stereocenters. The predicted molar refractivity (Wildman–Crippen MR) is 48.1 cm³/mol. The van der Waals surface area contributed by atoms with Gasteiger partial charge in [-0.15, -0.1) is 0 Å². The van der Waals surface area contributed by atoms with E-state index in [4.69, 9.17) is 0 Å². The van der Waals surface area contributed by atoms with E-state index in [1.807, 2.05) is 0 Å². The van der Waals surface area contributed by atoms with Crippen molar-refractivity contribution in [2.45, 2.75) is 13.8 Å². The van der Waals surface area contributed by atoms with Crippen molar-refractivity contribution in [2.24, 2.45) is 0 Å². The first-order valence-corrected chi connectivity index (χ1v) is 8.19. The third-order valence-corrected chi connectivity index (χ3v) is 3.45. The molecular formula is C6H16O4P2Zn. The van der Waals surface area contributed by atoms with Gasteiger partial charge in [-0.2, -0.15) is 0 Å². The predicted octanol–water partition coefficient (Wildman–Crippen LogP) is 0.546. The molecule has 0 fully saturated rings. The third-order valence-electron chi connectivity index (χ3n) is 1.15. The summed E-state index contributed by atoms with van der Waals surface area (Å²) in [5.74, 6) is 0. The maximum Gasteiger partial charge on any atom is 2.00 e. The fourth-order valence-corrected chi connectivity index (χ4v) is 0. The van der Waals surface area contributed by atoms with Crippen molar-refractivity contribution in [1.82, 2.24) is 0 Å². The summed E-state index contributed by atoms with van der Waals surface area (Å²) in [5, 5.41) is 0. The summed E-state index contributed by atoms with van der Waals surface area (Å²) >= 11 is 0. The summed E-state index contributed by atoms with van der Waals surface area (Å²) in [7, 11) is -5.79. The second kappa shape index (κ2) is 8.32.